The van der Waals surface area contributed by atoms with E-state index in [0.717, 1.165) is 13.0 Å². The zero-order valence-electron chi connectivity index (χ0n) is 9.99. The molecule has 0 radical (unpaired) electrons. The molecule has 0 N–H and O–H groups in total. The number of thioether (sulfide) groups is 1. The van der Waals surface area contributed by atoms with Crippen LogP contribution in [0.3, 0.4) is 0 Å². The lowest BCUT2D eigenvalue weighted by atomic mass is 10.1. The molecular weight excluding hydrogens is 291 g/mol. The number of benzene rings is 1. The van der Waals surface area contributed by atoms with Crippen molar-refractivity contribution in [3.8, 4) is 0 Å². The van der Waals surface area contributed by atoms with Crippen LogP contribution in [-0.2, 0) is 4.74 Å². The lowest BCUT2D eigenvalue weighted by Crippen LogP contribution is -2.16. The second-order valence-corrected chi connectivity index (χ2v) is 6.33. The van der Waals surface area contributed by atoms with E-state index in [-0.39, 0.29) is 11.9 Å². The van der Waals surface area contributed by atoms with Gasteiger partial charge in [-0.25, -0.2) is 0 Å². The first-order valence-electron chi connectivity index (χ1n) is 5.79. The number of carbonyl (C=O) groups is 1. The summed E-state index contributed by atoms with van der Waals surface area (Å²) in [7, 11) is 0. The second-order valence-electron chi connectivity index (χ2n) is 4.26. The highest BCUT2D eigenvalue weighted by atomic mass is 35.5. The van der Waals surface area contributed by atoms with E-state index >= 15 is 0 Å². The zero-order chi connectivity index (χ0) is 13.1. The molecule has 1 aliphatic rings. The van der Waals surface area contributed by atoms with Crippen LogP contribution >= 0.6 is 35.0 Å². The van der Waals surface area contributed by atoms with Crippen LogP contribution in [0.1, 0.15) is 23.7 Å². The van der Waals surface area contributed by atoms with Crippen molar-refractivity contribution in [3.05, 3.63) is 33.8 Å². The van der Waals surface area contributed by atoms with Gasteiger partial charge in [-0.15, -0.1) is 11.8 Å². The van der Waals surface area contributed by atoms with Gasteiger partial charge in [0.25, 0.3) is 0 Å². The maximum absolute atomic E-state index is 12.1. The molecule has 0 saturated carbocycles. The molecule has 1 aromatic rings. The highest BCUT2D eigenvalue weighted by Gasteiger charge is 2.25. The summed E-state index contributed by atoms with van der Waals surface area (Å²) in [5.41, 5.74) is 0.542. The second kappa shape index (κ2) is 6.29. The third kappa shape index (κ3) is 3.41. The quantitative estimate of drug-likeness (QED) is 0.784. The molecule has 2 rings (SSSR count). The summed E-state index contributed by atoms with van der Waals surface area (Å²) in [4.78, 5) is 12.1. The summed E-state index contributed by atoms with van der Waals surface area (Å²) in [5, 5.41) is 1.37. The Morgan fingerprint density at radius 3 is 2.89 bits per heavy atom. The van der Waals surface area contributed by atoms with Gasteiger partial charge in [0, 0.05) is 22.4 Å². The number of Topliss-reactive ketones (excluding diaryl/α,β-unsaturated/α-hetero) is 1. The van der Waals surface area contributed by atoms with Crippen LogP contribution in [0, 0.1) is 0 Å². The smallest absolute Gasteiger partial charge is 0.174 e. The number of hydrogen-bond donors (Lipinski definition) is 0. The van der Waals surface area contributed by atoms with Crippen LogP contribution in [-0.4, -0.2) is 29.5 Å². The summed E-state index contributed by atoms with van der Waals surface area (Å²) in [6.07, 6.45) is 1.23. The van der Waals surface area contributed by atoms with Gasteiger partial charge in [-0.2, -0.15) is 0 Å². The average molecular weight is 305 g/mol. The fraction of sp³-hybridized carbons (Fsp3) is 0.462. The molecular formula is C13H14Cl2O2S. The molecule has 2 nitrogen and oxygen atoms in total. The Bertz CT molecular complexity index is 451. The van der Waals surface area contributed by atoms with Gasteiger partial charge in [-0.05, 0) is 31.5 Å². The van der Waals surface area contributed by atoms with Crippen molar-refractivity contribution in [1.29, 1.82) is 0 Å². The summed E-state index contributed by atoms with van der Waals surface area (Å²) >= 11 is 13.5. The van der Waals surface area contributed by atoms with Gasteiger partial charge in [0.05, 0.1) is 16.9 Å². The minimum absolute atomic E-state index is 0.0424. The van der Waals surface area contributed by atoms with Crippen molar-refractivity contribution in [2.24, 2.45) is 0 Å². The van der Waals surface area contributed by atoms with E-state index in [9.17, 15) is 4.79 Å². The van der Waals surface area contributed by atoms with E-state index in [1.807, 2.05) is 6.92 Å². The maximum atomic E-state index is 12.1. The van der Waals surface area contributed by atoms with Crippen LogP contribution in [0.4, 0.5) is 0 Å². The van der Waals surface area contributed by atoms with Gasteiger partial charge in [-0.1, -0.05) is 23.2 Å². The van der Waals surface area contributed by atoms with E-state index in [1.54, 1.807) is 30.0 Å². The molecule has 0 bridgehead atoms. The van der Waals surface area contributed by atoms with E-state index in [4.69, 9.17) is 27.9 Å². The van der Waals surface area contributed by atoms with Gasteiger partial charge >= 0.3 is 0 Å². The highest BCUT2D eigenvalue weighted by molar-refractivity contribution is 8.00. The molecule has 1 saturated heterocycles. The SMILES string of the molecule is CC1OCCC1SCC(=O)c1ccc(Cl)cc1Cl. The molecule has 1 aliphatic heterocycles. The van der Waals surface area contributed by atoms with Crippen molar-refractivity contribution in [2.45, 2.75) is 24.7 Å². The minimum atomic E-state index is 0.0424. The Labute approximate surface area is 121 Å². The molecule has 0 amide bonds. The third-order valence-corrected chi connectivity index (χ3v) is 4.99. The molecule has 1 heterocycles. The molecule has 0 aliphatic carbocycles. The molecule has 1 fully saturated rings. The van der Waals surface area contributed by atoms with Gasteiger partial charge in [-0.3, -0.25) is 4.79 Å². The van der Waals surface area contributed by atoms with Crippen LogP contribution in [0.5, 0.6) is 0 Å². The van der Waals surface area contributed by atoms with Crippen molar-refractivity contribution < 1.29 is 9.53 Å². The predicted octanol–water partition coefficient (Wildman–Crippen LogP) is 4.09. The highest BCUT2D eigenvalue weighted by Crippen LogP contribution is 2.28. The van der Waals surface area contributed by atoms with E-state index in [1.165, 1.54) is 0 Å². The standard InChI is InChI=1S/C13H14Cl2O2S/c1-8-13(4-5-17-8)18-7-12(16)10-3-2-9(14)6-11(10)15/h2-3,6,8,13H,4-5,7H2,1H3. The number of rotatable bonds is 4. The van der Waals surface area contributed by atoms with Crippen LogP contribution in [0.2, 0.25) is 10.0 Å². The van der Waals surface area contributed by atoms with Crippen molar-refractivity contribution in [2.75, 3.05) is 12.4 Å². The molecule has 98 valence electrons. The third-order valence-electron chi connectivity index (χ3n) is 2.97. The molecule has 2 atom stereocenters. The Morgan fingerprint density at radius 1 is 1.50 bits per heavy atom. The maximum Gasteiger partial charge on any atom is 0.174 e. The van der Waals surface area contributed by atoms with Crippen LogP contribution < -0.4 is 0 Å². The predicted molar refractivity (Wildman–Crippen MR) is 77.1 cm³/mol. The molecule has 18 heavy (non-hydrogen) atoms. The van der Waals surface area contributed by atoms with E-state index < -0.39 is 0 Å². The Kier molecular flexibility index (Phi) is 4.96. The van der Waals surface area contributed by atoms with Crippen LogP contribution in [0.15, 0.2) is 18.2 Å². The first-order chi connectivity index (χ1) is 8.58. The van der Waals surface area contributed by atoms with Crippen molar-refractivity contribution in [3.63, 3.8) is 0 Å². The Balaban J connectivity index is 1.95. The number of carbonyl (C=O) groups excluding carboxylic acids is 1. The monoisotopic (exact) mass is 304 g/mol. The van der Waals surface area contributed by atoms with Gasteiger partial charge in [0.2, 0.25) is 0 Å². The molecule has 0 spiro atoms. The number of halogens is 2. The number of hydrogen-bond acceptors (Lipinski definition) is 3. The summed E-state index contributed by atoms with van der Waals surface area (Å²) in [6.45, 7) is 2.83. The largest absolute Gasteiger partial charge is 0.377 e. The van der Waals surface area contributed by atoms with Gasteiger partial charge < -0.3 is 4.74 Å². The minimum Gasteiger partial charge on any atom is -0.377 e. The van der Waals surface area contributed by atoms with Crippen molar-refractivity contribution in [1.82, 2.24) is 0 Å². The normalized spacial score (nSPS) is 23.3. The van der Waals surface area contributed by atoms with E-state index in [0.29, 0.717) is 26.6 Å². The fourth-order valence-electron chi connectivity index (χ4n) is 1.91. The van der Waals surface area contributed by atoms with Gasteiger partial charge in [0.15, 0.2) is 5.78 Å². The lowest BCUT2D eigenvalue weighted by Gasteiger charge is -2.13. The Morgan fingerprint density at radius 2 is 2.28 bits per heavy atom. The number of ketones is 1. The molecule has 5 heteroatoms. The summed E-state index contributed by atoms with van der Waals surface area (Å²) < 4.78 is 5.47. The number of ether oxygens (including phenoxy) is 1. The summed E-state index contributed by atoms with van der Waals surface area (Å²) in [6, 6.07) is 4.97. The molecule has 2 unspecified atom stereocenters. The van der Waals surface area contributed by atoms with E-state index in [2.05, 4.69) is 0 Å². The van der Waals surface area contributed by atoms with Crippen molar-refractivity contribution >= 4 is 40.7 Å². The fourth-order valence-corrected chi connectivity index (χ4v) is 3.55. The average Bonchev–Trinajstić information content (AvgIpc) is 2.72. The van der Waals surface area contributed by atoms with Gasteiger partial charge in [0.1, 0.15) is 0 Å². The zero-order valence-corrected chi connectivity index (χ0v) is 12.3. The molecule has 1 aromatic carbocycles. The topological polar surface area (TPSA) is 26.3 Å². The lowest BCUT2D eigenvalue weighted by molar-refractivity contribution is 0.102. The Hall–Kier alpha value is -0.220. The summed E-state index contributed by atoms with van der Waals surface area (Å²) in [5.74, 6) is 0.473. The first-order valence-corrected chi connectivity index (χ1v) is 7.60. The first kappa shape index (κ1) is 14.2. The van der Waals surface area contributed by atoms with Crippen LogP contribution in [0.25, 0.3) is 0 Å². The molecule has 0 aromatic heterocycles.